The van der Waals surface area contributed by atoms with Crippen LogP contribution < -0.4 is 11.5 Å². The number of amides is 2. The quantitative estimate of drug-likeness (QED) is 0.495. The third-order valence-corrected chi connectivity index (χ3v) is 2.46. The lowest BCUT2D eigenvalue weighted by molar-refractivity contribution is -0.127. The molecule has 1 rings (SSSR count). The minimum absolute atomic E-state index is 0.0955. The molecule has 0 bridgehead atoms. The first kappa shape index (κ1) is 9.98. The summed E-state index contributed by atoms with van der Waals surface area (Å²) >= 11 is 0. The Morgan fingerprint density at radius 3 is 2.31 bits per heavy atom. The molecular formula is C8H13N2O3. The van der Waals surface area contributed by atoms with Crippen molar-refractivity contribution in [1.29, 1.82) is 0 Å². The largest absolute Gasteiger partial charge is 0.392 e. The van der Waals surface area contributed by atoms with Crippen LogP contribution in [0.3, 0.4) is 0 Å². The molecule has 0 spiro atoms. The lowest BCUT2D eigenvalue weighted by Gasteiger charge is -2.17. The Balaban J connectivity index is 2.43. The Kier molecular flexibility index (Phi) is 2.56. The molecule has 0 aromatic heterocycles. The van der Waals surface area contributed by atoms with E-state index in [2.05, 4.69) is 0 Å². The van der Waals surface area contributed by atoms with E-state index in [-0.39, 0.29) is 6.42 Å². The van der Waals surface area contributed by atoms with E-state index in [9.17, 15) is 14.7 Å². The molecular weight excluding hydrogens is 172 g/mol. The molecule has 0 saturated heterocycles. The summed E-state index contributed by atoms with van der Waals surface area (Å²) in [5.41, 5.74) is 9.17. The summed E-state index contributed by atoms with van der Waals surface area (Å²) < 4.78 is 0. The van der Waals surface area contributed by atoms with Crippen LogP contribution in [0.2, 0.25) is 0 Å². The van der Waals surface area contributed by atoms with Crippen LogP contribution in [0, 0.1) is 11.8 Å². The van der Waals surface area contributed by atoms with E-state index >= 15 is 0 Å². The molecule has 5 heteroatoms. The number of aliphatic hydroxyl groups excluding tert-OH is 1. The number of carbonyl (C=O) groups excluding carboxylic acids is 2. The fraction of sp³-hybridized carbons (Fsp3) is 0.625. The Bertz CT molecular complexity index is 236. The van der Waals surface area contributed by atoms with Crippen molar-refractivity contribution in [3.63, 3.8) is 0 Å². The third kappa shape index (κ3) is 1.98. The second kappa shape index (κ2) is 3.33. The van der Waals surface area contributed by atoms with E-state index in [1.807, 2.05) is 0 Å². The van der Waals surface area contributed by atoms with Gasteiger partial charge in [0.15, 0.2) is 0 Å². The van der Waals surface area contributed by atoms with Gasteiger partial charge in [0.2, 0.25) is 11.8 Å². The van der Waals surface area contributed by atoms with Crippen molar-refractivity contribution >= 4 is 11.8 Å². The number of nitrogens with two attached hydrogens (primary N) is 2. The van der Waals surface area contributed by atoms with Crippen LogP contribution in [-0.2, 0) is 9.59 Å². The van der Waals surface area contributed by atoms with Gasteiger partial charge < -0.3 is 16.6 Å². The first-order valence-corrected chi connectivity index (χ1v) is 4.09. The maximum Gasteiger partial charge on any atom is 0.226 e. The highest BCUT2D eigenvalue weighted by atomic mass is 16.3. The van der Waals surface area contributed by atoms with Crippen LogP contribution in [0.25, 0.3) is 0 Å². The summed E-state index contributed by atoms with van der Waals surface area (Å²) in [6.07, 6.45) is 1.57. The van der Waals surface area contributed by atoms with Crippen molar-refractivity contribution in [2.75, 3.05) is 0 Å². The van der Waals surface area contributed by atoms with Crippen LogP contribution in [0.4, 0.5) is 0 Å². The summed E-state index contributed by atoms with van der Waals surface area (Å²) in [6, 6.07) is 0. The molecule has 0 aromatic rings. The summed E-state index contributed by atoms with van der Waals surface area (Å²) in [6.45, 7) is 0. The van der Waals surface area contributed by atoms with Crippen LogP contribution in [0.1, 0.15) is 19.3 Å². The molecule has 5 N–H and O–H groups in total. The number of hydrogen-bond acceptors (Lipinski definition) is 3. The van der Waals surface area contributed by atoms with Crippen LogP contribution >= 0.6 is 0 Å². The molecule has 2 amide bonds. The zero-order valence-electron chi connectivity index (χ0n) is 7.19. The molecule has 73 valence electrons. The Morgan fingerprint density at radius 1 is 1.46 bits per heavy atom. The third-order valence-electron chi connectivity index (χ3n) is 2.46. The number of rotatable bonds is 5. The minimum Gasteiger partial charge on any atom is -0.392 e. The predicted molar refractivity (Wildman–Crippen MR) is 45.0 cm³/mol. The predicted octanol–water partition coefficient (Wildman–Crippen LogP) is -1.31. The number of carbonyl (C=O) groups is 2. The van der Waals surface area contributed by atoms with Crippen molar-refractivity contribution in [3.8, 4) is 0 Å². The van der Waals surface area contributed by atoms with Gasteiger partial charge in [0, 0.05) is 0 Å². The lowest BCUT2D eigenvalue weighted by Crippen LogP contribution is -2.36. The van der Waals surface area contributed by atoms with Crippen LogP contribution in [-0.4, -0.2) is 23.0 Å². The van der Waals surface area contributed by atoms with E-state index in [4.69, 9.17) is 11.5 Å². The van der Waals surface area contributed by atoms with Gasteiger partial charge in [-0.2, -0.15) is 0 Å². The fourth-order valence-electron chi connectivity index (χ4n) is 1.33. The van der Waals surface area contributed by atoms with Gasteiger partial charge in [-0.1, -0.05) is 0 Å². The Hall–Kier alpha value is -1.10. The molecule has 13 heavy (non-hydrogen) atoms. The smallest absolute Gasteiger partial charge is 0.226 e. The standard InChI is InChI=1S/C8H13N2O3/c9-6(12)2-1-5(11)8(3-4-8)7(10)13/h2,5,11H,1,3-4H2,(H2,9,12)(H2,10,13). The highest BCUT2D eigenvalue weighted by Crippen LogP contribution is 2.49. The zero-order chi connectivity index (χ0) is 10.1. The summed E-state index contributed by atoms with van der Waals surface area (Å²) in [5.74, 6) is -1.10. The first-order valence-electron chi connectivity index (χ1n) is 4.09. The van der Waals surface area contributed by atoms with Crippen molar-refractivity contribution in [2.24, 2.45) is 16.9 Å². The molecule has 1 aliphatic rings. The van der Waals surface area contributed by atoms with E-state index in [1.54, 1.807) is 0 Å². The molecule has 1 fully saturated rings. The minimum atomic E-state index is -0.877. The average Bonchev–Trinajstić information content (AvgIpc) is 2.79. The van der Waals surface area contributed by atoms with Gasteiger partial charge in [0.1, 0.15) is 0 Å². The van der Waals surface area contributed by atoms with Gasteiger partial charge in [-0.3, -0.25) is 9.59 Å². The maximum atomic E-state index is 10.9. The molecule has 0 aliphatic heterocycles. The zero-order valence-corrected chi connectivity index (χ0v) is 7.19. The molecule has 1 aliphatic carbocycles. The SMILES string of the molecule is NC(=O)[CH]CC(O)C1(C(N)=O)CC1. The van der Waals surface area contributed by atoms with E-state index in [1.165, 1.54) is 0 Å². The molecule has 1 atom stereocenters. The number of primary amides is 2. The van der Waals surface area contributed by atoms with E-state index in [0.29, 0.717) is 12.8 Å². The van der Waals surface area contributed by atoms with Crippen LogP contribution in [0.15, 0.2) is 0 Å². The number of hydrogen-bond donors (Lipinski definition) is 3. The van der Waals surface area contributed by atoms with Gasteiger partial charge in [0.25, 0.3) is 0 Å². The normalized spacial score (nSPS) is 20.7. The fourth-order valence-corrected chi connectivity index (χ4v) is 1.33. The van der Waals surface area contributed by atoms with Crippen molar-refractivity contribution in [1.82, 2.24) is 0 Å². The maximum absolute atomic E-state index is 10.9. The Labute approximate surface area is 76.1 Å². The van der Waals surface area contributed by atoms with Gasteiger partial charge in [-0.25, -0.2) is 0 Å². The highest BCUT2D eigenvalue weighted by molar-refractivity contribution is 5.85. The van der Waals surface area contributed by atoms with Gasteiger partial charge in [-0.05, 0) is 19.3 Å². The van der Waals surface area contributed by atoms with Gasteiger partial charge in [-0.15, -0.1) is 0 Å². The monoisotopic (exact) mass is 185 g/mol. The van der Waals surface area contributed by atoms with Gasteiger partial charge >= 0.3 is 0 Å². The molecule has 1 saturated carbocycles. The summed E-state index contributed by atoms with van der Waals surface area (Å²) in [7, 11) is 0. The van der Waals surface area contributed by atoms with E-state index < -0.39 is 23.3 Å². The molecule has 0 aromatic carbocycles. The average molecular weight is 185 g/mol. The summed E-state index contributed by atoms with van der Waals surface area (Å²) in [5, 5.41) is 9.52. The lowest BCUT2D eigenvalue weighted by atomic mass is 9.94. The van der Waals surface area contributed by atoms with Crippen molar-refractivity contribution in [2.45, 2.75) is 25.4 Å². The Morgan fingerprint density at radius 2 is 2.00 bits per heavy atom. The number of aliphatic hydroxyl groups is 1. The van der Waals surface area contributed by atoms with Crippen molar-refractivity contribution < 1.29 is 14.7 Å². The van der Waals surface area contributed by atoms with Crippen molar-refractivity contribution in [3.05, 3.63) is 6.42 Å². The van der Waals surface area contributed by atoms with Gasteiger partial charge in [0.05, 0.1) is 17.9 Å². The topological polar surface area (TPSA) is 106 Å². The molecule has 0 heterocycles. The van der Waals surface area contributed by atoms with E-state index in [0.717, 1.165) is 6.42 Å². The first-order chi connectivity index (χ1) is 5.99. The second-order valence-electron chi connectivity index (χ2n) is 3.38. The highest BCUT2D eigenvalue weighted by Gasteiger charge is 2.53. The molecule has 1 radical (unpaired) electrons. The van der Waals surface area contributed by atoms with Crippen LogP contribution in [0.5, 0.6) is 0 Å². The molecule has 5 nitrogen and oxygen atoms in total. The summed E-state index contributed by atoms with van der Waals surface area (Å²) in [4.78, 5) is 21.3. The second-order valence-corrected chi connectivity index (χ2v) is 3.38. The molecule has 1 unspecified atom stereocenters.